The summed E-state index contributed by atoms with van der Waals surface area (Å²) >= 11 is 7.22. The molecule has 3 N–H and O–H groups in total. The molecule has 1 aromatic rings. The fraction of sp³-hybridized carbons (Fsp3) is 0.333. The third kappa shape index (κ3) is 1.64. The molecule has 0 bridgehead atoms. The van der Waals surface area contributed by atoms with E-state index in [1.165, 1.54) is 23.2 Å². The molecule has 70 valence electrons. The van der Waals surface area contributed by atoms with Crippen LogP contribution in [0.3, 0.4) is 0 Å². The van der Waals surface area contributed by atoms with Crippen molar-refractivity contribution in [3.05, 3.63) is 22.7 Å². The van der Waals surface area contributed by atoms with Crippen molar-refractivity contribution in [2.75, 3.05) is 5.32 Å². The maximum atomic E-state index is 6.03. The average Bonchev–Trinajstić information content (AvgIpc) is 2.42. The van der Waals surface area contributed by atoms with E-state index in [1.807, 2.05) is 12.1 Å². The average molecular weight is 215 g/mol. The minimum atomic E-state index is 0.504. The van der Waals surface area contributed by atoms with Crippen LogP contribution >= 0.6 is 23.5 Å². The SMILES string of the molecule is CC1Cc2cc(Cl)c(SN)cc2N1. The first-order chi connectivity index (χ1) is 6.20. The first-order valence-corrected chi connectivity index (χ1v) is 5.42. The largest absolute Gasteiger partial charge is 0.382 e. The zero-order valence-corrected chi connectivity index (χ0v) is 8.88. The van der Waals surface area contributed by atoms with E-state index in [2.05, 4.69) is 12.2 Å². The van der Waals surface area contributed by atoms with Gasteiger partial charge in [-0.2, -0.15) is 0 Å². The van der Waals surface area contributed by atoms with Crippen molar-refractivity contribution in [2.24, 2.45) is 5.14 Å². The molecule has 1 aliphatic rings. The van der Waals surface area contributed by atoms with E-state index in [4.69, 9.17) is 16.7 Å². The number of fused-ring (bicyclic) bond motifs is 1. The number of rotatable bonds is 1. The van der Waals surface area contributed by atoms with Gasteiger partial charge in [-0.3, -0.25) is 5.14 Å². The predicted octanol–water partition coefficient (Wildman–Crippen LogP) is 2.66. The Morgan fingerprint density at radius 2 is 2.38 bits per heavy atom. The molecule has 0 amide bonds. The lowest BCUT2D eigenvalue weighted by Crippen LogP contribution is -2.08. The van der Waals surface area contributed by atoms with Crippen molar-refractivity contribution in [1.82, 2.24) is 0 Å². The normalized spacial score (nSPS) is 19.8. The Balaban J connectivity index is 2.44. The molecule has 0 spiro atoms. The van der Waals surface area contributed by atoms with E-state index < -0.39 is 0 Å². The number of hydrogen-bond acceptors (Lipinski definition) is 3. The van der Waals surface area contributed by atoms with E-state index in [1.54, 1.807) is 0 Å². The van der Waals surface area contributed by atoms with E-state index in [0.717, 1.165) is 16.3 Å². The Morgan fingerprint density at radius 3 is 3.08 bits per heavy atom. The summed E-state index contributed by atoms with van der Waals surface area (Å²) in [5.41, 5.74) is 2.46. The van der Waals surface area contributed by atoms with Crippen molar-refractivity contribution in [3.8, 4) is 0 Å². The van der Waals surface area contributed by atoms with Gasteiger partial charge in [0.05, 0.1) is 5.02 Å². The summed E-state index contributed by atoms with van der Waals surface area (Å²) in [6, 6.07) is 4.53. The molecule has 0 saturated heterocycles. The van der Waals surface area contributed by atoms with Crippen molar-refractivity contribution in [1.29, 1.82) is 0 Å². The number of halogens is 1. The Bertz CT molecular complexity index is 341. The standard InChI is InChI=1S/C9H11ClN2S/c1-5-2-6-3-7(10)9(13-11)4-8(6)12-5/h3-5,12H,2,11H2,1H3. The minimum Gasteiger partial charge on any atom is -0.382 e. The second-order valence-corrected chi connectivity index (χ2v) is 4.39. The van der Waals surface area contributed by atoms with Crippen LogP contribution in [0.2, 0.25) is 5.02 Å². The predicted molar refractivity (Wildman–Crippen MR) is 58.3 cm³/mol. The minimum absolute atomic E-state index is 0.504. The Hall–Kier alpha value is -0.380. The topological polar surface area (TPSA) is 38.0 Å². The molecular formula is C9H11ClN2S. The van der Waals surface area contributed by atoms with E-state index >= 15 is 0 Å². The summed E-state index contributed by atoms with van der Waals surface area (Å²) in [5.74, 6) is 0. The van der Waals surface area contributed by atoms with Gasteiger partial charge in [-0.15, -0.1) is 0 Å². The number of benzene rings is 1. The number of nitrogens with two attached hydrogens (primary N) is 1. The third-order valence-electron chi connectivity index (χ3n) is 2.21. The second kappa shape index (κ2) is 3.40. The Labute approximate surface area is 87.0 Å². The van der Waals surface area contributed by atoms with Crippen LogP contribution in [0.4, 0.5) is 5.69 Å². The molecule has 0 saturated carbocycles. The van der Waals surface area contributed by atoms with Crippen molar-refractivity contribution < 1.29 is 0 Å². The summed E-state index contributed by atoms with van der Waals surface area (Å²) in [7, 11) is 0. The number of nitrogens with one attached hydrogen (secondary N) is 1. The van der Waals surface area contributed by atoms with Crippen LogP contribution in [0.25, 0.3) is 0 Å². The highest BCUT2D eigenvalue weighted by atomic mass is 35.5. The summed E-state index contributed by atoms with van der Waals surface area (Å²) in [4.78, 5) is 0.932. The van der Waals surface area contributed by atoms with E-state index in [-0.39, 0.29) is 0 Å². The summed E-state index contributed by atoms with van der Waals surface area (Å²) < 4.78 is 0. The highest BCUT2D eigenvalue weighted by molar-refractivity contribution is 7.97. The molecule has 2 nitrogen and oxygen atoms in total. The van der Waals surface area contributed by atoms with Crippen LogP contribution in [0.1, 0.15) is 12.5 Å². The van der Waals surface area contributed by atoms with Gasteiger partial charge in [-0.05, 0) is 43.0 Å². The molecule has 1 aromatic carbocycles. The van der Waals surface area contributed by atoms with Crippen molar-refractivity contribution in [2.45, 2.75) is 24.3 Å². The second-order valence-electron chi connectivity index (χ2n) is 3.31. The maximum Gasteiger partial charge on any atom is 0.0559 e. The molecule has 1 atom stereocenters. The van der Waals surface area contributed by atoms with Crippen LogP contribution in [-0.2, 0) is 6.42 Å². The molecule has 4 heteroatoms. The van der Waals surface area contributed by atoms with Crippen LogP contribution in [0, 0.1) is 0 Å². The molecule has 2 rings (SSSR count). The van der Waals surface area contributed by atoms with Gasteiger partial charge < -0.3 is 5.32 Å². The molecule has 1 unspecified atom stereocenters. The zero-order valence-electron chi connectivity index (χ0n) is 7.30. The zero-order chi connectivity index (χ0) is 9.42. The fourth-order valence-electron chi connectivity index (χ4n) is 1.63. The monoisotopic (exact) mass is 214 g/mol. The Morgan fingerprint density at radius 1 is 1.62 bits per heavy atom. The summed E-state index contributed by atoms with van der Waals surface area (Å²) in [6.45, 7) is 2.16. The number of anilines is 1. The van der Waals surface area contributed by atoms with Crippen LogP contribution < -0.4 is 10.5 Å². The van der Waals surface area contributed by atoms with Crippen LogP contribution in [0.15, 0.2) is 17.0 Å². The molecule has 13 heavy (non-hydrogen) atoms. The van der Waals surface area contributed by atoms with Gasteiger partial charge in [0.2, 0.25) is 0 Å². The van der Waals surface area contributed by atoms with Gasteiger partial charge in [0.25, 0.3) is 0 Å². The molecule has 0 radical (unpaired) electrons. The summed E-state index contributed by atoms with van der Waals surface area (Å²) in [6.07, 6.45) is 1.05. The lowest BCUT2D eigenvalue weighted by Gasteiger charge is -2.05. The first-order valence-electron chi connectivity index (χ1n) is 4.16. The van der Waals surface area contributed by atoms with Crippen LogP contribution in [-0.4, -0.2) is 6.04 Å². The summed E-state index contributed by atoms with van der Waals surface area (Å²) in [5, 5.41) is 9.61. The lowest BCUT2D eigenvalue weighted by molar-refractivity contribution is 0.839. The molecule has 1 aliphatic heterocycles. The molecule has 0 aromatic heterocycles. The van der Waals surface area contributed by atoms with Gasteiger partial charge in [0.1, 0.15) is 0 Å². The quantitative estimate of drug-likeness (QED) is 0.706. The third-order valence-corrected chi connectivity index (χ3v) is 3.23. The van der Waals surface area contributed by atoms with Gasteiger partial charge in [-0.25, -0.2) is 0 Å². The highest BCUT2D eigenvalue weighted by Gasteiger charge is 2.18. The smallest absolute Gasteiger partial charge is 0.0559 e. The molecule has 0 fully saturated rings. The first kappa shape index (κ1) is 9.19. The van der Waals surface area contributed by atoms with Gasteiger partial charge in [0, 0.05) is 16.6 Å². The molecule has 0 aliphatic carbocycles. The maximum absolute atomic E-state index is 6.03. The lowest BCUT2D eigenvalue weighted by atomic mass is 10.1. The van der Waals surface area contributed by atoms with E-state index in [0.29, 0.717) is 6.04 Å². The van der Waals surface area contributed by atoms with Gasteiger partial charge in [0.15, 0.2) is 0 Å². The van der Waals surface area contributed by atoms with E-state index in [9.17, 15) is 0 Å². The van der Waals surface area contributed by atoms with Crippen LogP contribution in [0.5, 0.6) is 0 Å². The fourth-order valence-corrected chi connectivity index (χ4v) is 2.31. The molecular weight excluding hydrogens is 204 g/mol. The number of hydrogen-bond donors (Lipinski definition) is 2. The Kier molecular flexibility index (Phi) is 2.41. The molecule has 1 heterocycles. The van der Waals surface area contributed by atoms with Crippen molar-refractivity contribution in [3.63, 3.8) is 0 Å². The van der Waals surface area contributed by atoms with Crippen molar-refractivity contribution >= 4 is 29.2 Å². The highest BCUT2D eigenvalue weighted by Crippen LogP contribution is 2.34. The van der Waals surface area contributed by atoms with Gasteiger partial charge >= 0.3 is 0 Å². The van der Waals surface area contributed by atoms with Gasteiger partial charge in [-0.1, -0.05) is 11.6 Å².